The van der Waals surface area contributed by atoms with Crippen molar-refractivity contribution < 1.29 is 14.7 Å². The summed E-state index contributed by atoms with van der Waals surface area (Å²) in [7, 11) is 0. The van der Waals surface area contributed by atoms with E-state index >= 15 is 0 Å². The Kier molecular flexibility index (Phi) is 3.44. The van der Waals surface area contributed by atoms with Crippen molar-refractivity contribution in [1.82, 2.24) is 14.9 Å². The number of nitrogens with zero attached hydrogens (tertiary/aromatic N) is 2. The van der Waals surface area contributed by atoms with Gasteiger partial charge in [0.1, 0.15) is 5.75 Å². The van der Waals surface area contributed by atoms with Crippen LogP contribution in [0.15, 0.2) is 42.7 Å². The van der Waals surface area contributed by atoms with Gasteiger partial charge in [0.15, 0.2) is 5.78 Å². The normalized spacial score (nSPS) is 26.4. The number of Topliss-reactive ketones (excluding diaryl/α,β-unsaturated/α-hetero) is 1. The molecule has 0 radical (unpaired) electrons. The number of amides is 1. The molecule has 2 N–H and O–H groups in total. The maximum Gasteiger partial charge on any atom is 0.254 e. The van der Waals surface area contributed by atoms with Crippen molar-refractivity contribution in [2.75, 3.05) is 6.54 Å². The van der Waals surface area contributed by atoms with Gasteiger partial charge in [-0.2, -0.15) is 0 Å². The highest BCUT2D eigenvalue weighted by Crippen LogP contribution is 2.49. The van der Waals surface area contributed by atoms with Crippen LogP contribution in [0.1, 0.15) is 46.5 Å². The molecule has 0 saturated carbocycles. The molecule has 0 unspecified atom stereocenters. The van der Waals surface area contributed by atoms with E-state index in [0.29, 0.717) is 17.7 Å². The number of aromatic amines is 1. The zero-order valence-electron chi connectivity index (χ0n) is 15.8. The molecule has 1 aromatic heterocycles. The monoisotopic (exact) mass is 375 g/mol. The smallest absolute Gasteiger partial charge is 0.254 e. The Labute approximate surface area is 162 Å². The number of rotatable bonds is 1. The molecule has 6 heteroatoms. The van der Waals surface area contributed by atoms with Gasteiger partial charge in [0.25, 0.3) is 5.91 Å². The van der Waals surface area contributed by atoms with Crippen molar-refractivity contribution in [1.29, 1.82) is 0 Å². The van der Waals surface area contributed by atoms with Crippen LogP contribution in [0.2, 0.25) is 0 Å². The molecule has 1 aliphatic carbocycles. The molecule has 2 aliphatic rings. The summed E-state index contributed by atoms with van der Waals surface area (Å²) in [5.41, 5.74) is 3.42. The van der Waals surface area contributed by atoms with Gasteiger partial charge in [-0.15, -0.1) is 0 Å². The third-order valence-corrected chi connectivity index (χ3v) is 6.77. The zero-order valence-corrected chi connectivity index (χ0v) is 15.8. The standard InChI is InChI=1S/C22H21N3O3/c1-12-19-20(27)15-5-4-14(26)10-16(15)22(12,2)7-8-25(19)21(28)13-3-6-17-18(9-13)24-11-23-17/h3-6,9-12,19,26H,7-8H2,1-2H3,(H,23,24)/t12-,19-,22+/m0/s1. The van der Waals surface area contributed by atoms with E-state index in [9.17, 15) is 14.7 Å². The van der Waals surface area contributed by atoms with Gasteiger partial charge < -0.3 is 15.0 Å². The van der Waals surface area contributed by atoms with Crippen LogP contribution in [0.3, 0.4) is 0 Å². The van der Waals surface area contributed by atoms with Crippen LogP contribution in [0.5, 0.6) is 5.75 Å². The van der Waals surface area contributed by atoms with E-state index in [1.807, 2.05) is 13.0 Å². The Hall–Kier alpha value is -3.15. The van der Waals surface area contributed by atoms with Crippen molar-refractivity contribution in [3.8, 4) is 5.75 Å². The van der Waals surface area contributed by atoms with Crippen LogP contribution in [0.4, 0.5) is 0 Å². The summed E-state index contributed by atoms with van der Waals surface area (Å²) in [5, 5.41) is 9.95. The van der Waals surface area contributed by atoms with E-state index in [1.54, 1.807) is 41.6 Å². The number of carbonyl (C=O) groups excluding carboxylic acids is 2. The van der Waals surface area contributed by atoms with E-state index < -0.39 is 6.04 Å². The minimum Gasteiger partial charge on any atom is -0.508 e. The van der Waals surface area contributed by atoms with Gasteiger partial charge in [-0.1, -0.05) is 13.8 Å². The zero-order chi connectivity index (χ0) is 19.6. The van der Waals surface area contributed by atoms with Crippen molar-refractivity contribution in [3.63, 3.8) is 0 Å². The number of nitrogens with one attached hydrogen (secondary N) is 1. The second-order valence-corrected chi connectivity index (χ2v) is 8.13. The van der Waals surface area contributed by atoms with Crippen LogP contribution >= 0.6 is 0 Å². The topological polar surface area (TPSA) is 86.3 Å². The Morgan fingerprint density at radius 2 is 2.11 bits per heavy atom. The largest absolute Gasteiger partial charge is 0.508 e. The van der Waals surface area contributed by atoms with Gasteiger partial charge in [0.05, 0.1) is 23.4 Å². The molecule has 2 heterocycles. The Morgan fingerprint density at radius 1 is 1.29 bits per heavy atom. The van der Waals surface area contributed by atoms with Gasteiger partial charge in [-0.25, -0.2) is 4.98 Å². The molecule has 28 heavy (non-hydrogen) atoms. The molecule has 1 saturated heterocycles. The SMILES string of the molecule is C[C@H]1[C@H]2C(=O)c3ccc(O)cc3[C@]1(C)CCN2C(=O)c1ccc2nc[nH]c2c1. The first-order chi connectivity index (χ1) is 13.4. The molecule has 5 rings (SSSR count). The Balaban J connectivity index is 1.58. The summed E-state index contributed by atoms with van der Waals surface area (Å²) in [4.78, 5) is 35.6. The first kappa shape index (κ1) is 17.0. The minimum atomic E-state index is -0.499. The fraction of sp³-hybridized carbons (Fsp3) is 0.318. The number of benzene rings is 2. The number of hydrogen-bond donors (Lipinski definition) is 2. The summed E-state index contributed by atoms with van der Waals surface area (Å²) in [6.45, 7) is 4.67. The number of hydrogen-bond acceptors (Lipinski definition) is 4. The lowest BCUT2D eigenvalue weighted by Gasteiger charge is -2.53. The van der Waals surface area contributed by atoms with Gasteiger partial charge >= 0.3 is 0 Å². The molecular weight excluding hydrogens is 354 g/mol. The molecule has 1 aliphatic heterocycles. The van der Waals surface area contributed by atoms with Crippen molar-refractivity contribution >= 4 is 22.7 Å². The molecule has 6 nitrogen and oxygen atoms in total. The van der Waals surface area contributed by atoms with Crippen molar-refractivity contribution in [2.45, 2.75) is 31.7 Å². The van der Waals surface area contributed by atoms with Gasteiger partial charge in [-0.3, -0.25) is 9.59 Å². The molecule has 1 amide bonds. The van der Waals surface area contributed by atoms with E-state index in [0.717, 1.165) is 23.0 Å². The maximum atomic E-state index is 13.3. The van der Waals surface area contributed by atoms with E-state index in [4.69, 9.17) is 0 Å². The summed E-state index contributed by atoms with van der Waals surface area (Å²) < 4.78 is 0. The number of likely N-dealkylation sites (tertiary alicyclic amines) is 1. The van der Waals surface area contributed by atoms with Crippen LogP contribution in [-0.2, 0) is 5.41 Å². The summed E-state index contributed by atoms with van der Waals surface area (Å²) in [6, 6.07) is 9.83. The Bertz CT molecular complexity index is 1140. The highest BCUT2D eigenvalue weighted by Gasteiger charge is 2.53. The highest BCUT2D eigenvalue weighted by molar-refractivity contribution is 6.07. The number of aromatic nitrogens is 2. The molecule has 142 valence electrons. The van der Waals surface area contributed by atoms with Crippen molar-refractivity contribution in [3.05, 3.63) is 59.4 Å². The van der Waals surface area contributed by atoms with Crippen LogP contribution in [-0.4, -0.2) is 44.3 Å². The average Bonchev–Trinajstić information content (AvgIpc) is 3.15. The molecule has 0 spiro atoms. The number of phenolic OH excluding ortho intramolecular Hbond substituents is 1. The predicted molar refractivity (Wildman–Crippen MR) is 104 cm³/mol. The fourth-order valence-corrected chi connectivity index (χ4v) is 4.93. The van der Waals surface area contributed by atoms with Crippen LogP contribution in [0, 0.1) is 5.92 Å². The second kappa shape index (κ2) is 5.67. The average molecular weight is 375 g/mol. The van der Waals surface area contributed by atoms with Crippen LogP contribution in [0.25, 0.3) is 11.0 Å². The first-order valence-corrected chi connectivity index (χ1v) is 9.52. The predicted octanol–water partition coefficient (Wildman–Crippen LogP) is 3.27. The lowest BCUT2D eigenvalue weighted by atomic mass is 9.58. The van der Waals surface area contributed by atoms with Gasteiger partial charge in [0.2, 0.25) is 0 Å². The minimum absolute atomic E-state index is 0.0390. The number of H-pyrrole nitrogens is 1. The first-order valence-electron chi connectivity index (χ1n) is 9.52. The third-order valence-electron chi connectivity index (χ3n) is 6.77. The quantitative estimate of drug-likeness (QED) is 0.683. The molecule has 1 fully saturated rings. The van der Waals surface area contributed by atoms with Gasteiger partial charge in [0, 0.05) is 17.7 Å². The number of aromatic hydroxyl groups is 1. The fourth-order valence-electron chi connectivity index (χ4n) is 4.93. The third kappa shape index (κ3) is 2.17. The van der Waals surface area contributed by atoms with Crippen LogP contribution < -0.4 is 0 Å². The van der Waals surface area contributed by atoms with E-state index in [1.165, 1.54) is 0 Å². The maximum absolute atomic E-state index is 13.3. The molecule has 3 atom stereocenters. The number of carbonyl (C=O) groups is 2. The van der Waals surface area contributed by atoms with E-state index in [-0.39, 0.29) is 28.8 Å². The number of fused-ring (bicyclic) bond motifs is 5. The summed E-state index contributed by atoms with van der Waals surface area (Å²) in [5.74, 6) is -0.0469. The van der Waals surface area contributed by atoms with E-state index in [2.05, 4.69) is 16.9 Å². The Morgan fingerprint density at radius 3 is 2.93 bits per heavy atom. The number of imidazole rings is 1. The number of phenols is 1. The molecular formula is C22H21N3O3. The lowest BCUT2D eigenvalue weighted by molar-refractivity contribution is 0.0240. The molecule has 2 bridgehead atoms. The number of piperidine rings is 1. The summed E-state index contributed by atoms with van der Waals surface area (Å²) >= 11 is 0. The molecule has 3 aromatic rings. The molecule has 2 aromatic carbocycles. The summed E-state index contributed by atoms with van der Waals surface area (Å²) in [6.07, 6.45) is 2.34. The lowest BCUT2D eigenvalue weighted by Crippen LogP contribution is -2.62. The number of ketones is 1. The van der Waals surface area contributed by atoms with Crippen molar-refractivity contribution in [2.24, 2.45) is 5.92 Å². The van der Waals surface area contributed by atoms with Gasteiger partial charge in [-0.05, 0) is 59.7 Å². The second-order valence-electron chi connectivity index (χ2n) is 8.13. The highest BCUT2D eigenvalue weighted by atomic mass is 16.3.